The predicted molar refractivity (Wildman–Crippen MR) is 68.1 cm³/mol. The summed E-state index contributed by atoms with van der Waals surface area (Å²) in [6, 6.07) is 1.30. The number of aryl methyl sites for hydroxylation is 1. The molecule has 1 rings (SSSR count). The van der Waals surface area contributed by atoms with E-state index in [1.807, 2.05) is 19.0 Å². The van der Waals surface area contributed by atoms with Crippen LogP contribution in [-0.4, -0.2) is 47.8 Å². The lowest BCUT2D eigenvalue weighted by atomic mass is 10.4. The first kappa shape index (κ1) is 15.6. The van der Waals surface area contributed by atoms with Gasteiger partial charge in [-0.3, -0.25) is 9.48 Å². The molecule has 7 heteroatoms. The Morgan fingerprint density at radius 1 is 1.53 bits per heavy atom. The summed E-state index contributed by atoms with van der Waals surface area (Å²) in [6.07, 6.45) is -1.76. The molecule has 0 aliphatic rings. The molecule has 0 saturated heterocycles. The van der Waals surface area contributed by atoms with Crippen LogP contribution in [0.3, 0.4) is 0 Å². The third-order valence-corrected chi connectivity index (χ3v) is 2.62. The van der Waals surface area contributed by atoms with Gasteiger partial charge in [0, 0.05) is 12.2 Å². The monoisotopic (exact) mass is 274 g/mol. The zero-order chi connectivity index (χ0) is 14.4. The van der Waals surface area contributed by atoms with Crippen LogP contribution in [-0.2, 0) is 11.3 Å². The zero-order valence-corrected chi connectivity index (χ0v) is 11.5. The smallest absolute Gasteiger partial charge is 0.282 e. The van der Waals surface area contributed by atoms with Gasteiger partial charge in [-0.2, -0.15) is 5.10 Å². The van der Waals surface area contributed by atoms with Gasteiger partial charge in [0.25, 0.3) is 6.43 Å². The molecule has 0 bridgehead atoms. The number of halogens is 2. The van der Waals surface area contributed by atoms with Crippen molar-refractivity contribution >= 4 is 5.91 Å². The van der Waals surface area contributed by atoms with E-state index in [9.17, 15) is 13.6 Å². The topological polar surface area (TPSA) is 50.2 Å². The quantitative estimate of drug-likeness (QED) is 0.760. The molecule has 0 spiro atoms. The molecule has 0 radical (unpaired) electrons. The van der Waals surface area contributed by atoms with Crippen molar-refractivity contribution in [2.24, 2.45) is 0 Å². The second kappa shape index (κ2) is 7.18. The number of nitrogens with zero attached hydrogens (tertiary/aromatic N) is 3. The maximum Gasteiger partial charge on any atom is 0.282 e. The van der Waals surface area contributed by atoms with Gasteiger partial charge in [0.2, 0.25) is 5.91 Å². The molecule has 0 aliphatic carbocycles. The van der Waals surface area contributed by atoms with Gasteiger partial charge in [-0.05, 0) is 40.1 Å². The van der Waals surface area contributed by atoms with Crippen molar-refractivity contribution in [3.63, 3.8) is 0 Å². The lowest BCUT2D eigenvalue weighted by molar-refractivity contribution is -0.121. The van der Waals surface area contributed by atoms with Gasteiger partial charge in [0.15, 0.2) is 0 Å². The molecule has 1 aromatic rings. The van der Waals surface area contributed by atoms with E-state index in [0.717, 1.165) is 13.0 Å². The molecule has 1 N–H and O–H groups in total. The van der Waals surface area contributed by atoms with Crippen LogP contribution in [0.5, 0.6) is 0 Å². The summed E-state index contributed by atoms with van der Waals surface area (Å²) in [5, 5.41) is 6.44. The summed E-state index contributed by atoms with van der Waals surface area (Å²) in [4.78, 5) is 13.6. The minimum Gasteiger partial charge on any atom is -0.354 e. The second-order valence-corrected chi connectivity index (χ2v) is 4.68. The van der Waals surface area contributed by atoms with Crippen LogP contribution in [0.15, 0.2) is 6.07 Å². The van der Waals surface area contributed by atoms with Gasteiger partial charge in [0.05, 0.1) is 0 Å². The van der Waals surface area contributed by atoms with Crippen molar-refractivity contribution in [1.82, 2.24) is 20.0 Å². The first-order chi connectivity index (χ1) is 8.90. The minimum absolute atomic E-state index is 0.0273. The third-order valence-electron chi connectivity index (χ3n) is 2.62. The number of hydrogen-bond acceptors (Lipinski definition) is 3. The van der Waals surface area contributed by atoms with Gasteiger partial charge in [0.1, 0.15) is 12.2 Å². The maximum atomic E-state index is 12.4. The van der Waals surface area contributed by atoms with E-state index in [1.54, 1.807) is 6.92 Å². The van der Waals surface area contributed by atoms with Crippen LogP contribution in [0.4, 0.5) is 8.78 Å². The van der Waals surface area contributed by atoms with Crippen LogP contribution < -0.4 is 5.32 Å². The first-order valence-electron chi connectivity index (χ1n) is 6.14. The fraction of sp³-hybridized carbons (Fsp3) is 0.667. The lowest BCUT2D eigenvalue weighted by Crippen LogP contribution is -2.30. The first-order valence-corrected chi connectivity index (χ1v) is 6.14. The molecule has 5 nitrogen and oxygen atoms in total. The molecule has 0 aliphatic heterocycles. The summed E-state index contributed by atoms with van der Waals surface area (Å²) in [7, 11) is 3.92. The SMILES string of the molecule is Cc1cc(C(F)F)nn1CC(=O)NCCCN(C)C. The highest BCUT2D eigenvalue weighted by molar-refractivity contribution is 5.75. The van der Waals surface area contributed by atoms with E-state index in [1.165, 1.54) is 10.7 Å². The van der Waals surface area contributed by atoms with Crippen molar-refractivity contribution in [2.45, 2.75) is 26.3 Å². The Bertz CT molecular complexity index is 418. The maximum absolute atomic E-state index is 12.4. The van der Waals surface area contributed by atoms with E-state index in [2.05, 4.69) is 10.4 Å². The van der Waals surface area contributed by atoms with Gasteiger partial charge in [-0.1, -0.05) is 0 Å². The Balaban J connectivity index is 2.40. The van der Waals surface area contributed by atoms with Crippen LogP contribution >= 0.6 is 0 Å². The van der Waals surface area contributed by atoms with Crippen molar-refractivity contribution in [1.29, 1.82) is 0 Å². The average molecular weight is 274 g/mol. The molecule has 0 aromatic carbocycles. The van der Waals surface area contributed by atoms with Gasteiger partial charge in [-0.15, -0.1) is 0 Å². The summed E-state index contributed by atoms with van der Waals surface area (Å²) in [6.45, 7) is 3.08. The number of hydrogen-bond donors (Lipinski definition) is 1. The molecule has 0 fully saturated rings. The minimum atomic E-state index is -2.61. The second-order valence-electron chi connectivity index (χ2n) is 4.68. The fourth-order valence-corrected chi connectivity index (χ4v) is 1.62. The highest BCUT2D eigenvalue weighted by Gasteiger charge is 2.14. The largest absolute Gasteiger partial charge is 0.354 e. The van der Waals surface area contributed by atoms with E-state index in [-0.39, 0.29) is 18.1 Å². The normalized spacial score (nSPS) is 11.3. The molecular formula is C12H20F2N4O. The number of nitrogens with one attached hydrogen (secondary N) is 1. The van der Waals surface area contributed by atoms with E-state index < -0.39 is 6.43 Å². The van der Waals surface area contributed by atoms with Crippen molar-refractivity contribution in [3.8, 4) is 0 Å². The number of alkyl halides is 2. The third kappa shape index (κ3) is 5.34. The highest BCUT2D eigenvalue weighted by Crippen LogP contribution is 2.17. The number of aromatic nitrogens is 2. The van der Waals surface area contributed by atoms with Crippen LogP contribution in [0, 0.1) is 6.92 Å². The molecule has 0 atom stereocenters. The molecular weight excluding hydrogens is 254 g/mol. The van der Waals surface area contributed by atoms with Crippen molar-refractivity contribution in [2.75, 3.05) is 27.2 Å². The lowest BCUT2D eigenvalue weighted by Gasteiger charge is -2.10. The van der Waals surface area contributed by atoms with Gasteiger partial charge < -0.3 is 10.2 Å². The molecule has 1 heterocycles. The van der Waals surface area contributed by atoms with E-state index >= 15 is 0 Å². The number of carbonyl (C=O) groups excluding carboxylic acids is 1. The summed E-state index contributed by atoms with van der Waals surface area (Å²) in [5.74, 6) is -0.217. The number of carbonyl (C=O) groups is 1. The Kier molecular flexibility index (Phi) is 5.88. The van der Waals surface area contributed by atoms with E-state index in [4.69, 9.17) is 0 Å². The molecule has 108 valence electrons. The van der Waals surface area contributed by atoms with E-state index in [0.29, 0.717) is 12.2 Å². The fourth-order valence-electron chi connectivity index (χ4n) is 1.62. The molecule has 19 heavy (non-hydrogen) atoms. The van der Waals surface area contributed by atoms with Crippen molar-refractivity contribution < 1.29 is 13.6 Å². The summed E-state index contributed by atoms with van der Waals surface area (Å²) in [5.41, 5.74) is 0.261. The molecule has 0 saturated carbocycles. The van der Waals surface area contributed by atoms with Gasteiger partial charge in [-0.25, -0.2) is 8.78 Å². The Labute approximate surface area is 111 Å². The Morgan fingerprint density at radius 2 is 2.21 bits per heavy atom. The average Bonchev–Trinajstić information content (AvgIpc) is 2.66. The molecule has 1 amide bonds. The summed E-state index contributed by atoms with van der Waals surface area (Å²) < 4.78 is 26.2. The van der Waals surface area contributed by atoms with Crippen LogP contribution in [0.25, 0.3) is 0 Å². The predicted octanol–water partition coefficient (Wildman–Crippen LogP) is 1.20. The van der Waals surface area contributed by atoms with Crippen molar-refractivity contribution in [3.05, 3.63) is 17.5 Å². The van der Waals surface area contributed by atoms with Crippen LogP contribution in [0.2, 0.25) is 0 Å². The summed E-state index contributed by atoms with van der Waals surface area (Å²) >= 11 is 0. The number of amides is 1. The standard InChI is InChI=1S/C12H20F2N4O/c1-9-7-10(12(13)14)16-18(9)8-11(19)15-5-4-6-17(2)3/h7,12H,4-6,8H2,1-3H3,(H,15,19). The molecule has 1 aromatic heterocycles. The Hall–Kier alpha value is -1.50. The Morgan fingerprint density at radius 3 is 2.74 bits per heavy atom. The zero-order valence-electron chi connectivity index (χ0n) is 11.5. The van der Waals surface area contributed by atoms with Crippen LogP contribution in [0.1, 0.15) is 24.2 Å². The highest BCUT2D eigenvalue weighted by atomic mass is 19.3. The molecule has 0 unspecified atom stereocenters. The van der Waals surface area contributed by atoms with Gasteiger partial charge >= 0.3 is 0 Å². The number of rotatable bonds is 7.